The van der Waals surface area contributed by atoms with Crippen molar-refractivity contribution in [3.8, 4) is 17.2 Å². The van der Waals surface area contributed by atoms with Crippen LogP contribution in [-0.4, -0.2) is 17.5 Å². The van der Waals surface area contributed by atoms with Crippen LogP contribution in [0.15, 0.2) is 40.8 Å². The van der Waals surface area contributed by atoms with E-state index >= 15 is 0 Å². The molecule has 0 atom stereocenters. The fourth-order valence-corrected chi connectivity index (χ4v) is 4.42. The highest BCUT2D eigenvalue weighted by Crippen LogP contribution is 2.42. The van der Waals surface area contributed by atoms with Gasteiger partial charge in [-0.1, -0.05) is 52.0 Å². The van der Waals surface area contributed by atoms with E-state index in [-0.39, 0.29) is 28.3 Å². The number of carbonyl (C=O) groups is 1. The first kappa shape index (κ1) is 23.4. The third kappa shape index (κ3) is 4.81. The molecule has 4 aromatic rings. The Morgan fingerprint density at radius 2 is 1.58 bits per heavy atom. The summed E-state index contributed by atoms with van der Waals surface area (Å²) in [6, 6.07) is 11.4. The molecule has 170 valence electrons. The molecule has 1 heterocycles. The third-order valence-electron chi connectivity index (χ3n) is 5.20. The van der Waals surface area contributed by atoms with Crippen molar-refractivity contribution < 1.29 is 13.9 Å². The van der Waals surface area contributed by atoms with Gasteiger partial charge >= 0.3 is 0 Å². The SMILES string of the molecule is Cc1cc(C)cc(-c2nc3cc(NC(=O)COc4c(Cl)c(C)c(Cl)c(C)c4Cl)ccc3o2)c1. The van der Waals surface area contributed by atoms with Gasteiger partial charge in [-0.25, -0.2) is 4.98 Å². The highest BCUT2D eigenvalue weighted by Gasteiger charge is 2.19. The summed E-state index contributed by atoms with van der Waals surface area (Å²) in [5.74, 6) is 0.393. The van der Waals surface area contributed by atoms with Gasteiger partial charge in [0.05, 0.1) is 10.0 Å². The number of ether oxygens (including phenoxy) is 1. The number of nitrogens with zero attached hydrogens (tertiary/aromatic N) is 1. The van der Waals surface area contributed by atoms with Gasteiger partial charge in [0.1, 0.15) is 5.52 Å². The Morgan fingerprint density at radius 1 is 0.939 bits per heavy atom. The van der Waals surface area contributed by atoms with Crippen LogP contribution in [0.2, 0.25) is 15.1 Å². The Bertz CT molecular complexity index is 1350. The van der Waals surface area contributed by atoms with E-state index < -0.39 is 0 Å². The maximum Gasteiger partial charge on any atom is 0.262 e. The van der Waals surface area contributed by atoms with Crippen LogP contribution in [0.5, 0.6) is 5.75 Å². The third-order valence-corrected chi connectivity index (χ3v) is 6.68. The number of anilines is 1. The number of hydrogen-bond acceptors (Lipinski definition) is 4. The van der Waals surface area contributed by atoms with Gasteiger partial charge in [-0.2, -0.15) is 0 Å². The van der Waals surface area contributed by atoms with Gasteiger partial charge in [0, 0.05) is 16.3 Å². The summed E-state index contributed by atoms with van der Waals surface area (Å²) in [6.45, 7) is 7.31. The Hall–Kier alpha value is -2.73. The van der Waals surface area contributed by atoms with Crippen molar-refractivity contribution in [3.05, 3.63) is 73.7 Å². The lowest BCUT2D eigenvalue weighted by atomic mass is 10.1. The number of benzene rings is 3. The van der Waals surface area contributed by atoms with Crippen molar-refractivity contribution in [2.75, 3.05) is 11.9 Å². The highest BCUT2D eigenvalue weighted by molar-refractivity contribution is 6.42. The number of amides is 1. The first-order valence-corrected chi connectivity index (χ1v) is 11.3. The maximum atomic E-state index is 12.5. The summed E-state index contributed by atoms with van der Waals surface area (Å²) in [5, 5.41) is 3.84. The fraction of sp³-hybridized carbons (Fsp3) is 0.200. The summed E-state index contributed by atoms with van der Waals surface area (Å²) >= 11 is 18.8. The van der Waals surface area contributed by atoms with Gasteiger partial charge in [-0.05, 0) is 69.2 Å². The van der Waals surface area contributed by atoms with Crippen LogP contribution < -0.4 is 10.1 Å². The van der Waals surface area contributed by atoms with Crippen LogP contribution in [0, 0.1) is 27.7 Å². The molecule has 33 heavy (non-hydrogen) atoms. The van der Waals surface area contributed by atoms with E-state index in [1.165, 1.54) is 0 Å². The number of halogens is 3. The van der Waals surface area contributed by atoms with Gasteiger partial charge in [-0.15, -0.1) is 0 Å². The summed E-state index contributed by atoms with van der Waals surface area (Å²) in [7, 11) is 0. The van der Waals surface area contributed by atoms with E-state index in [4.69, 9.17) is 44.0 Å². The molecular weight excluding hydrogens is 483 g/mol. The van der Waals surface area contributed by atoms with E-state index in [1.54, 1.807) is 32.0 Å². The minimum absolute atomic E-state index is 0.234. The lowest BCUT2D eigenvalue weighted by molar-refractivity contribution is -0.118. The number of aromatic nitrogens is 1. The standard InChI is InChI=1S/C25H21Cl3N2O3/c1-12-7-13(2)9-16(8-12)25-30-18-10-17(5-6-19(18)33-25)29-20(31)11-32-24-22(27)14(3)21(26)15(4)23(24)28/h5-10H,11H2,1-4H3,(H,29,31). The molecule has 1 aromatic heterocycles. The molecule has 5 nitrogen and oxygen atoms in total. The number of aryl methyl sites for hydroxylation is 2. The van der Waals surface area contributed by atoms with Gasteiger partial charge in [0.15, 0.2) is 17.9 Å². The van der Waals surface area contributed by atoms with Crippen LogP contribution >= 0.6 is 34.8 Å². The summed E-state index contributed by atoms with van der Waals surface area (Å²) in [5.41, 5.74) is 6.29. The normalized spacial score (nSPS) is 11.1. The summed E-state index contributed by atoms with van der Waals surface area (Å²) < 4.78 is 11.5. The van der Waals surface area contributed by atoms with Gasteiger partial charge in [0.25, 0.3) is 5.91 Å². The minimum atomic E-state index is -0.371. The van der Waals surface area contributed by atoms with Crippen LogP contribution in [0.4, 0.5) is 5.69 Å². The lowest BCUT2D eigenvalue weighted by Gasteiger charge is -2.15. The second-order valence-corrected chi connectivity index (χ2v) is 9.07. The fourth-order valence-electron chi connectivity index (χ4n) is 3.60. The quantitative estimate of drug-likeness (QED) is 0.303. The van der Waals surface area contributed by atoms with Crippen LogP contribution in [0.1, 0.15) is 22.3 Å². The van der Waals surface area contributed by atoms with E-state index in [0.717, 1.165) is 16.7 Å². The molecule has 0 saturated carbocycles. The molecule has 3 aromatic carbocycles. The Kier molecular flexibility index (Phi) is 6.57. The zero-order valence-corrected chi connectivity index (χ0v) is 20.7. The molecule has 0 aliphatic carbocycles. The first-order chi connectivity index (χ1) is 15.6. The van der Waals surface area contributed by atoms with Gasteiger partial charge < -0.3 is 14.5 Å². The average Bonchev–Trinajstić information content (AvgIpc) is 3.19. The van der Waals surface area contributed by atoms with Crippen molar-refractivity contribution >= 4 is 57.5 Å². The minimum Gasteiger partial charge on any atom is -0.481 e. The molecule has 1 N–H and O–H groups in total. The van der Waals surface area contributed by atoms with Crippen LogP contribution in [0.3, 0.4) is 0 Å². The predicted molar refractivity (Wildman–Crippen MR) is 134 cm³/mol. The number of hydrogen-bond donors (Lipinski definition) is 1. The molecule has 0 spiro atoms. The largest absolute Gasteiger partial charge is 0.481 e. The molecule has 0 unspecified atom stereocenters. The van der Waals surface area contributed by atoms with E-state index in [9.17, 15) is 4.79 Å². The number of rotatable bonds is 5. The molecule has 0 radical (unpaired) electrons. The predicted octanol–water partition coefficient (Wildman–Crippen LogP) is 7.71. The number of nitrogens with one attached hydrogen (secondary N) is 1. The summed E-state index contributed by atoms with van der Waals surface area (Å²) in [6.07, 6.45) is 0. The first-order valence-electron chi connectivity index (χ1n) is 10.2. The van der Waals surface area contributed by atoms with E-state index in [1.807, 2.05) is 26.0 Å². The molecule has 0 aliphatic rings. The topological polar surface area (TPSA) is 64.4 Å². The molecule has 0 aliphatic heterocycles. The number of fused-ring (bicyclic) bond motifs is 1. The molecule has 0 fully saturated rings. The monoisotopic (exact) mass is 502 g/mol. The lowest BCUT2D eigenvalue weighted by Crippen LogP contribution is -2.20. The molecule has 4 rings (SSSR count). The Morgan fingerprint density at radius 3 is 2.21 bits per heavy atom. The van der Waals surface area contributed by atoms with Crippen LogP contribution in [0.25, 0.3) is 22.6 Å². The molecule has 8 heteroatoms. The average molecular weight is 504 g/mol. The van der Waals surface area contributed by atoms with Crippen molar-refractivity contribution in [1.29, 1.82) is 0 Å². The van der Waals surface area contributed by atoms with Crippen molar-refractivity contribution in [2.24, 2.45) is 0 Å². The molecule has 0 bridgehead atoms. The van der Waals surface area contributed by atoms with Gasteiger partial charge in [0.2, 0.25) is 5.89 Å². The molecular formula is C25H21Cl3N2O3. The zero-order valence-electron chi connectivity index (χ0n) is 18.5. The summed E-state index contributed by atoms with van der Waals surface area (Å²) in [4.78, 5) is 17.1. The molecule has 1 amide bonds. The Balaban J connectivity index is 1.50. The van der Waals surface area contributed by atoms with E-state index in [0.29, 0.717) is 38.8 Å². The molecule has 0 saturated heterocycles. The zero-order chi connectivity index (χ0) is 23.9. The Labute approximate surface area is 206 Å². The smallest absolute Gasteiger partial charge is 0.262 e. The second-order valence-electron chi connectivity index (χ2n) is 7.94. The van der Waals surface area contributed by atoms with Crippen molar-refractivity contribution in [3.63, 3.8) is 0 Å². The second kappa shape index (κ2) is 9.26. The van der Waals surface area contributed by atoms with E-state index in [2.05, 4.69) is 16.4 Å². The maximum absolute atomic E-state index is 12.5. The highest BCUT2D eigenvalue weighted by atomic mass is 35.5. The van der Waals surface area contributed by atoms with Gasteiger partial charge in [-0.3, -0.25) is 4.79 Å². The number of carbonyl (C=O) groups excluding carboxylic acids is 1. The van der Waals surface area contributed by atoms with Crippen molar-refractivity contribution in [2.45, 2.75) is 27.7 Å². The van der Waals surface area contributed by atoms with Crippen LogP contribution in [-0.2, 0) is 4.79 Å². The van der Waals surface area contributed by atoms with Crippen molar-refractivity contribution in [1.82, 2.24) is 4.98 Å². The number of oxazole rings is 1.